The molecule has 2 aromatic rings. The third kappa shape index (κ3) is 4.54. The molecule has 1 saturated heterocycles. The molecular weight excluding hydrogens is 396 g/mol. The number of hydrogen-bond donors (Lipinski definition) is 1. The number of ether oxygens (including phenoxy) is 2. The zero-order valence-corrected chi connectivity index (χ0v) is 17.6. The Morgan fingerprint density at radius 1 is 1.28 bits per heavy atom. The van der Waals surface area contributed by atoms with Gasteiger partial charge in [-0.05, 0) is 31.9 Å². The molecule has 0 spiro atoms. The lowest BCUT2D eigenvalue weighted by atomic mass is 9.98. The van der Waals surface area contributed by atoms with E-state index in [0.29, 0.717) is 43.1 Å². The van der Waals surface area contributed by atoms with Gasteiger partial charge in [0.25, 0.3) is 10.0 Å². The van der Waals surface area contributed by atoms with Crippen LogP contribution in [0.2, 0.25) is 0 Å². The third-order valence-electron chi connectivity index (χ3n) is 4.98. The van der Waals surface area contributed by atoms with Crippen molar-refractivity contribution >= 4 is 21.6 Å². The molecule has 1 atom stereocenters. The summed E-state index contributed by atoms with van der Waals surface area (Å²) in [6, 6.07) is 5.09. The predicted molar refractivity (Wildman–Crippen MR) is 108 cm³/mol. The molecule has 1 unspecified atom stereocenters. The van der Waals surface area contributed by atoms with Crippen LogP contribution < -0.4 is 14.8 Å². The number of carbonyl (C=O) groups is 1. The Morgan fingerprint density at radius 2 is 2.03 bits per heavy atom. The van der Waals surface area contributed by atoms with Crippen molar-refractivity contribution in [2.45, 2.75) is 31.3 Å². The van der Waals surface area contributed by atoms with E-state index in [1.807, 2.05) is 6.92 Å². The summed E-state index contributed by atoms with van der Waals surface area (Å²) < 4.78 is 39.3. The van der Waals surface area contributed by atoms with Crippen molar-refractivity contribution in [3.63, 3.8) is 0 Å². The number of nitrogens with zero attached hydrogens (tertiary/aromatic N) is 3. The minimum Gasteiger partial charge on any atom is -0.493 e. The number of sulfonamides is 1. The minimum absolute atomic E-state index is 0.0142. The number of nitrogens with one attached hydrogen (secondary N) is 1. The highest BCUT2D eigenvalue weighted by Crippen LogP contribution is 2.30. The average molecular weight is 423 g/mol. The van der Waals surface area contributed by atoms with Gasteiger partial charge in [-0.25, -0.2) is 13.4 Å². The summed E-state index contributed by atoms with van der Waals surface area (Å²) >= 11 is 0. The normalized spacial score (nSPS) is 17.7. The second-order valence-electron chi connectivity index (χ2n) is 6.80. The monoisotopic (exact) mass is 422 g/mol. The first kappa shape index (κ1) is 21.1. The lowest BCUT2D eigenvalue weighted by Crippen LogP contribution is -2.43. The number of amides is 1. The summed E-state index contributed by atoms with van der Waals surface area (Å²) in [5, 5.41) is 2.86. The second-order valence-corrected chi connectivity index (χ2v) is 8.69. The lowest BCUT2D eigenvalue weighted by Gasteiger charge is -2.30. The first-order valence-corrected chi connectivity index (χ1v) is 10.9. The Morgan fingerprint density at radius 3 is 2.69 bits per heavy atom. The smallest absolute Gasteiger partial charge is 0.262 e. The topological polar surface area (TPSA) is 103 Å². The number of aromatic nitrogens is 2. The van der Waals surface area contributed by atoms with E-state index < -0.39 is 15.9 Å². The number of imidazole rings is 1. The highest BCUT2D eigenvalue weighted by atomic mass is 32.2. The van der Waals surface area contributed by atoms with E-state index in [-0.39, 0.29) is 17.5 Å². The van der Waals surface area contributed by atoms with Crippen LogP contribution >= 0.6 is 0 Å². The maximum atomic E-state index is 12.9. The van der Waals surface area contributed by atoms with E-state index in [9.17, 15) is 13.2 Å². The number of hydrogen-bond acceptors (Lipinski definition) is 6. The van der Waals surface area contributed by atoms with Gasteiger partial charge >= 0.3 is 0 Å². The van der Waals surface area contributed by atoms with Crippen LogP contribution in [-0.4, -0.2) is 55.5 Å². The first-order chi connectivity index (χ1) is 13.9. The molecule has 29 heavy (non-hydrogen) atoms. The van der Waals surface area contributed by atoms with Crippen LogP contribution in [0.25, 0.3) is 0 Å². The van der Waals surface area contributed by atoms with Crippen molar-refractivity contribution in [2.75, 3.05) is 32.6 Å². The van der Waals surface area contributed by atoms with E-state index in [1.54, 1.807) is 22.8 Å². The molecule has 9 nitrogen and oxygen atoms in total. The molecule has 1 fully saturated rings. The maximum Gasteiger partial charge on any atom is 0.262 e. The first-order valence-electron chi connectivity index (χ1n) is 9.43. The van der Waals surface area contributed by atoms with Gasteiger partial charge in [-0.3, -0.25) is 4.79 Å². The molecule has 1 aromatic heterocycles. The van der Waals surface area contributed by atoms with Crippen molar-refractivity contribution in [3.8, 4) is 11.5 Å². The minimum atomic E-state index is -3.73. The zero-order valence-electron chi connectivity index (χ0n) is 16.8. The number of rotatable bonds is 7. The van der Waals surface area contributed by atoms with Gasteiger partial charge in [0.2, 0.25) is 5.91 Å². The molecule has 0 aliphatic carbocycles. The molecule has 158 valence electrons. The fraction of sp³-hybridized carbons (Fsp3) is 0.474. The molecule has 3 rings (SSSR count). The Hall–Kier alpha value is -2.59. The van der Waals surface area contributed by atoms with Crippen molar-refractivity contribution in [3.05, 3.63) is 30.7 Å². The molecule has 0 radical (unpaired) electrons. The fourth-order valence-electron chi connectivity index (χ4n) is 3.31. The lowest BCUT2D eigenvalue weighted by molar-refractivity contribution is -0.120. The van der Waals surface area contributed by atoms with Gasteiger partial charge < -0.3 is 19.4 Å². The molecule has 1 aliphatic rings. The Bertz CT molecular complexity index is 973. The molecular formula is C19H26N4O5S. The molecule has 1 aromatic carbocycles. The highest BCUT2D eigenvalue weighted by molar-refractivity contribution is 7.89. The maximum absolute atomic E-state index is 12.9. The van der Waals surface area contributed by atoms with Crippen LogP contribution in [0.3, 0.4) is 0 Å². The van der Waals surface area contributed by atoms with E-state index in [2.05, 4.69) is 10.3 Å². The summed E-state index contributed by atoms with van der Waals surface area (Å²) in [5.74, 6) is 0.396. The summed E-state index contributed by atoms with van der Waals surface area (Å²) in [6.45, 7) is 3.05. The number of anilines is 1. The molecule has 2 heterocycles. The van der Waals surface area contributed by atoms with E-state index >= 15 is 0 Å². The van der Waals surface area contributed by atoms with Gasteiger partial charge in [0.15, 0.2) is 16.5 Å². The Kier molecular flexibility index (Phi) is 6.43. The molecule has 1 N–H and O–H groups in total. The molecule has 1 amide bonds. The van der Waals surface area contributed by atoms with Crippen LogP contribution in [-0.2, 0) is 21.4 Å². The van der Waals surface area contributed by atoms with Gasteiger partial charge in [-0.15, -0.1) is 0 Å². The van der Waals surface area contributed by atoms with Gasteiger partial charge in [-0.2, -0.15) is 4.31 Å². The van der Waals surface area contributed by atoms with Crippen molar-refractivity contribution < 1.29 is 22.7 Å². The van der Waals surface area contributed by atoms with Crippen LogP contribution in [0, 0.1) is 5.92 Å². The number of aryl methyl sites for hydroxylation is 1. The van der Waals surface area contributed by atoms with Crippen LogP contribution in [0.1, 0.15) is 19.8 Å². The molecule has 0 saturated carbocycles. The van der Waals surface area contributed by atoms with Crippen molar-refractivity contribution in [1.29, 1.82) is 0 Å². The van der Waals surface area contributed by atoms with Crippen LogP contribution in [0.5, 0.6) is 11.5 Å². The number of piperidine rings is 1. The van der Waals surface area contributed by atoms with Crippen LogP contribution in [0.4, 0.5) is 5.69 Å². The summed E-state index contributed by atoms with van der Waals surface area (Å²) in [4.78, 5) is 16.8. The molecule has 10 heteroatoms. The van der Waals surface area contributed by atoms with E-state index in [1.165, 1.54) is 31.0 Å². The average Bonchev–Trinajstić information content (AvgIpc) is 3.24. The summed E-state index contributed by atoms with van der Waals surface area (Å²) in [6.07, 6.45) is 4.24. The SMILES string of the molecule is CCn1cnc(S(=O)(=O)N2CCCC(C(=O)Nc3ccc(OC)c(OC)c3)C2)c1. The number of benzene rings is 1. The van der Waals surface area contributed by atoms with Gasteiger partial charge in [0.1, 0.15) is 0 Å². The largest absolute Gasteiger partial charge is 0.493 e. The highest BCUT2D eigenvalue weighted by Gasteiger charge is 2.34. The van der Waals surface area contributed by atoms with Crippen molar-refractivity contribution in [1.82, 2.24) is 13.9 Å². The van der Waals surface area contributed by atoms with Gasteiger partial charge in [-0.1, -0.05) is 0 Å². The zero-order chi connectivity index (χ0) is 21.0. The standard InChI is InChI=1S/C19H26N4O5S/c1-4-22-12-18(20-13-22)29(25,26)23-9-5-6-14(11-23)19(24)21-15-7-8-16(27-2)17(10-15)28-3/h7-8,10,12-14H,4-6,9,11H2,1-3H3,(H,21,24). The van der Waals surface area contributed by atoms with Gasteiger partial charge in [0, 0.05) is 37.6 Å². The predicted octanol–water partition coefficient (Wildman–Crippen LogP) is 1.96. The Balaban J connectivity index is 1.71. The molecule has 1 aliphatic heterocycles. The summed E-state index contributed by atoms with van der Waals surface area (Å²) in [5.41, 5.74) is 0.564. The fourth-order valence-corrected chi connectivity index (χ4v) is 4.77. The Labute approximate surface area is 170 Å². The van der Waals surface area contributed by atoms with E-state index in [4.69, 9.17) is 9.47 Å². The van der Waals surface area contributed by atoms with Gasteiger partial charge in [0.05, 0.1) is 26.5 Å². The second kappa shape index (κ2) is 8.83. The quantitative estimate of drug-likeness (QED) is 0.732. The number of methoxy groups -OCH3 is 2. The summed E-state index contributed by atoms with van der Waals surface area (Å²) in [7, 11) is -0.666. The van der Waals surface area contributed by atoms with E-state index in [0.717, 1.165) is 0 Å². The third-order valence-corrected chi connectivity index (χ3v) is 6.74. The van der Waals surface area contributed by atoms with Crippen molar-refractivity contribution in [2.24, 2.45) is 5.92 Å². The van der Waals surface area contributed by atoms with Crippen LogP contribution in [0.15, 0.2) is 35.7 Å². The number of carbonyl (C=O) groups excluding carboxylic acids is 1. The molecule has 0 bridgehead atoms.